The molecule has 2 aliphatic heterocycles. The number of aliphatic hydroxyl groups excluding tert-OH is 2. The molecule has 4 atom stereocenters. The fourth-order valence-corrected chi connectivity index (χ4v) is 3.96. The predicted octanol–water partition coefficient (Wildman–Crippen LogP) is -0.438. The number of piperazine rings is 1. The maximum atomic E-state index is 12.4. The predicted molar refractivity (Wildman–Crippen MR) is 111 cm³/mol. The molecule has 4 N–H and O–H groups in total. The first kappa shape index (κ1) is 22.6. The summed E-state index contributed by atoms with van der Waals surface area (Å²) in [4.78, 5) is 16.8. The molecule has 1 aromatic carbocycles. The van der Waals surface area contributed by atoms with Gasteiger partial charge >= 0.3 is 6.03 Å². The molecule has 2 heterocycles. The van der Waals surface area contributed by atoms with Crippen molar-refractivity contribution in [2.24, 2.45) is 0 Å². The number of carbonyl (C=O) groups is 1. The molecule has 4 unspecified atom stereocenters. The fourth-order valence-electron chi connectivity index (χ4n) is 3.96. The van der Waals surface area contributed by atoms with E-state index in [0.717, 1.165) is 26.2 Å². The Balaban J connectivity index is 1.60. The van der Waals surface area contributed by atoms with Crippen molar-refractivity contribution < 1.29 is 29.2 Å². The van der Waals surface area contributed by atoms with Gasteiger partial charge in [0.1, 0.15) is 23.7 Å². The van der Waals surface area contributed by atoms with Crippen molar-refractivity contribution >= 4 is 11.7 Å². The number of aliphatic hydroxyl groups is 2. The van der Waals surface area contributed by atoms with Crippen LogP contribution >= 0.6 is 0 Å². The molecule has 0 radical (unpaired) electrons. The maximum Gasteiger partial charge on any atom is 0.319 e. The Morgan fingerprint density at radius 2 is 1.77 bits per heavy atom. The third-order valence-corrected chi connectivity index (χ3v) is 5.67. The topological polar surface area (TPSA) is 116 Å². The Morgan fingerprint density at radius 1 is 1.13 bits per heavy atom. The second-order valence-corrected chi connectivity index (χ2v) is 7.65. The van der Waals surface area contributed by atoms with Crippen LogP contribution in [0.4, 0.5) is 10.5 Å². The number of urea groups is 1. The van der Waals surface area contributed by atoms with Gasteiger partial charge in [0.05, 0.1) is 33.0 Å². The smallest absolute Gasteiger partial charge is 0.319 e. The molecule has 1 aromatic rings. The number of likely N-dealkylation sites (N-methyl/N-ethyl adjacent to an activating group) is 1. The van der Waals surface area contributed by atoms with E-state index in [1.807, 2.05) is 0 Å². The fraction of sp³-hybridized carbons (Fsp3) is 0.650. The van der Waals surface area contributed by atoms with Crippen molar-refractivity contribution in [1.82, 2.24) is 15.1 Å². The standard InChI is InChI=1S/C20H32N4O6/c1-23-4-6-24(7-5-23)18-16(30-17(12-25)19(18)26)11-21-20(27)22-13-8-14(28-2)10-15(9-13)29-3/h8-10,16-19,25-26H,4-7,11-12H2,1-3H3,(H2,21,22,27). The van der Waals surface area contributed by atoms with Crippen molar-refractivity contribution in [3.8, 4) is 11.5 Å². The summed E-state index contributed by atoms with van der Waals surface area (Å²) < 4.78 is 16.3. The highest BCUT2D eigenvalue weighted by molar-refractivity contribution is 5.89. The summed E-state index contributed by atoms with van der Waals surface area (Å²) in [5.74, 6) is 1.13. The zero-order valence-corrected chi connectivity index (χ0v) is 17.7. The molecule has 0 aromatic heterocycles. The molecule has 30 heavy (non-hydrogen) atoms. The number of nitrogens with zero attached hydrogens (tertiary/aromatic N) is 2. The summed E-state index contributed by atoms with van der Waals surface area (Å²) in [6.45, 7) is 3.32. The Labute approximate surface area is 176 Å². The summed E-state index contributed by atoms with van der Waals surface area (Å²) in [5.41, 5.74) is 0.528. The average molecular weight is 424 g/mol. The molecule has 0 saturated carbocycles. The number of benzene rings is 1. The number of hydrogen-bond donors (Lipinski definition) is 4. The lowest BCUT2D eigenvalue weighted by molar-refractivity contribution is -0.0205. The largest absolute Gasteiger partial charge is 0.497 e. The van der Waals surface area contributed by atoms with Crippen LogP contribution in [0.3, 0.4) is 0 Å². The molecule has 10 heteroatoms. The van der Waals surface area contributed by atoms with Crippen LogP contribution in [-0.2, 0) is 4.74 Å². The minimum absolute atomic E-state index is 0.206. The Hall–Kier alpha value is -2.11. The highest BCUT2D eigenvalue weighted by atomic mass is 16.5. The summed E-state index contributed by atoms with van der Waals surface area (Å²) in [6, 6.07) is 4.40. The van der Waals surface area contributed by atoms with Crippen LogP contribution in [0, 0.1) is 0 Å². The quantitative estimate of drug-likeness (QED) is 0.466. The van der Waals surface area contributed by atoms with Gasteiger partial charge in [0.15, 0.2) is 0 Å². The number of hydrogen-bond acceptors (Lipinski definition) is 8. The highest BCUT2D eigenvalue weighted by Crippen LogP contribution is 2.27. The van der Waals surface area contributed by atoms with Crippen molar-refractivity contribution in [2.75, 3.05) is 65.9 Å². The molecule has 2 aliphatic rings. The molecular formula is C20H32N4O6. The second kappa shape index (κ2) is 10.3. The molecule has 2 fully saturated rings. The Morgan fingerprint density at radius 3 is 2.33 bits per heavy atom. The zero-order chi connectivity index (χ0) is 21.7. The van der Waals surface area contributed by atoms with Crippen molar-refractivity contribution in [3.05, 3.63) is 18.2 Å². The van der Waals surface area contributed by atoms with Crippen molar-refractivity contribution in [2.45, 2.75) is 24.4 Å². The number of anilines is 1. The summed E-state index contributed by atoms with van der Waals surface area (Å²) >= 11 is 0. The van der Waals surface area contributed by atoms with Gasteiger partial charge in [-0.1, -0.05) is 0 Å². The van der Waals surface area contributed by atoms with Crippen LogP contribution in [0.25, 0.3) is 0 Å². The molecular weight excluding hydrogens is 392 g/mol. The zero-order valence-electron chi connectivity index (χ0n) is 17.7. The van der Waals surface area contributed by atoms with Crippen LogP contribution in [0.5, 0.6) is 11.5 Å². The number of amides is 2. The van der Waals surface area contributed by atoms with E-state index in [1.54, 1.807) is 18.2 Å². The third kappa shape index (κ3) is 5.32. The van der Waals surface area contributed by atoms with Gasteiger partial charge in [-0.2, -0.15) is 0 Å². The number of methoxy groups -OCH3 is 2. The highest BCUT2D eigenvalue weighted by Gasteiger charge is 2.46. The van der Waals surface area contributed by atoms with Gasteiger partial charge in [0, 0.05) is 56.6 Å². The Bertz CT molecular complexity index is 690. The average Bonchev–Trinajstić information content (AvgIpc) is 3.07. The minimum Gasteiger partial charge on any atom is -0.497 e. The molecule has 0 aliphatic carbocycles. The van der Waals surface area contributed by atoms with Gasteiger partial charge in [-0.3, -0.25) is 4.90 Å². The first-order valence-corrected chi connectivity index (χ1v) is 10.1. The lowest BCUT2D eigenvalue weighted by atomic mass is 10.0. The van der Waals surface area contributed by atoms with Gasteiger partial charge in [0.2, 0.25) is 0 Å². The molecule has 3 rings (SSSR count). The summed E-state index contributed by atoms with van der Waals surface area (Å²) in [5, 5.41) is 25.8. The lowest BCUT2D eigenvalue weighted by Crippen LogP contribution is -2.57. The van der Waals surface area contributed by atoms with E-state index in [-0.39, 0.29) is 19.2 Å². The van der Waals surface area contributed by atoms with Crippen LogP contribution in [-0.4, -0.2) is 111 Å². The van der Waals surface area contributed by atoms with E-state index in [9.17, 15) is 15.0 Å². The molecule has 0 spiro atoms. The molecule has 0 bridgehead atoms. The van der Waals surface area contributed by atoms with Gasteiger partial charge in [-0.25, -0.2) is 4.79 Å². The van der Waals surface area contributed by atoms with E-state index in [0.29, 0.717) is 17.2 Å². The van der Waals surface area contributed by atoms with Crippen LogP contribution in [0.2, 0.25) is 0 Å². The number of carbonyl (C=O) groups excluding carboxylic acids is 1. The summed E-state index contributed by atoms with van der Waals surface area (Å²) in [7, 11) is 5.14. The van der Waals surface area contributed by atoms with Gasteiger partial charge in [-0.15, -0.1) is 0 Å². The monoisotopic (exact) mass is 424 g/mol. The number of rotatable bonds is 7. The van der Waals surface area contributed by atoms with Gasteiger partial charge in [-0.05, 0) is 7.05 Å². The summed E-state index contributed by atoms with van der Waals surface area (Å²) in [6.07, 6.45) is -1.89. The molecule has 10 nitrogen and oxygen atoms in total. The van der Waals surface area contributed by atoms with E-state index in [4.69, 9.17) is 14.2 Å². The minimum atomic E-state index is -0.809. The Kier molecular flexibility index (Phi) is 7.73. The second-order valence-electron chi connectivity index (χ2n) is 7.65. The van der Waals surface area contributed by atoms with E-state index in [1.165, 1.54) is 14.2 Å². The first-order chi connectivity index (χ1) is 14.4. The lowest BCUT2D eigenvalue weighted by Gasteiger charge is -2.39. The van der Waals surface area contributed by atoms with Crippen LogP contribution < -0.4 is 20.1 Å². The molecule has 2 amide bonds. The SMILES string of the molecule is COc1cc(NC(=O)NCC2OC(CO)C(O)C2N2CCN(C)CC2)cc(OC)c1. The molecule has 2 saturated heterocycles. The van der Waals surface area contributed by atoms with Crippen LogP contribution in [0.1, 0.15) is 0 Å². The number of nitrogens with one attached hydrogen (secondary N) is 2. The normalized spacial score (nSPS) is 27.6. The van der Waals surface area contributed by atoms with Crippen molar-refractivity contribution in [3.63, 3.8) is 0 Å². The maximum absolute atomic E-state index is 12.4. The van der Waals surface area contributed by atoms with Gasteiger partial charge in [0.25, 0.3) is 0 Å². The number of ether oxygens (including phenoxy) is 3. The van der Waals surface area contributed by atoms with Gasteiger partial charge < -0.3 is 40.0 Å². The molecule has 168 valence electrons. The van der Waals surface area contributed by atoms with Crippen molar-refractivity contribution in [1.29, 1.82) is 0 Å². The van der Waals surface area contributed by atoms with E-state index >= 15 is 0 Å². The first-order valence-electron chi connectivity index (χ1n) is 10.1. The third-order valence-electron chi connectivity index (χ3n) is 5.67. The van der Waals surface area contributed by atoms with E-state index in [2.05, 4.69) is 27.5 Å². The van der Waals surface area contributed by atoms with Crippen LogP contribution in [0.15, 0.2) is 18.2 Å². The van der Waals surface area contributed by atoms with E-state index < -0.39 is 24.3 Å².